The van der Waals surface area contributed by atoms with E-state index in [1.807, 2.05) is 0 Å². The SMILES string of the molecule is CCOC(=O)c1nc(CBr)c(C(F)F)cc1N. The zero-order chi connectivity index (χ0) is 13.0. The lowest BCUT2D eigenvalue weighted by Gasteiger charge is -2.10. The smallest absolute Gasteiger partial charge is 0.359 e. The largest absolute Gasteiger partial charge is 0.461 e. The quantitative estimate of drug-likeness (QED) is 0.686. The highest BCUT2D eigenvalue weighted by Crippen LogP contribution is 2.27. The average Bonchev–Trinajstić information content (AvgIpc) is 2.28. The molecule has 0 saturated carbocycles. The van der Waals surface area contributed by atoms with Gasteiger partial charge in [0.15, 0.2) is 5.69 Å². The molecular weight excluding hydrogens is 298 g/mol. The summed E-state index contributed by atoms with van der Waals surface area (Å²) >= 11 is 3.03. The molecule has 1 heterocycles. The molecule has 0 aliphatic rings. The number of hydrogen-bond donors (Lipinski definition) is 1. The van der Waals surface area contributed by atoms with Crippen molar-refractivity contribution in [2.75, 3.05) is 12.3 Å². The fourth-order valence-corrected chi connectivity index (χ4v) is 1.69. The van der Waals surface area contributed by atoms with Gasteiger partial charge in [0.1, 0.15) is 0 Å². The molecule has 0 aliphatic heterocycles. The van der Waals surface area contributed by atoms with Gasteiger partial charge in [-0.2, -0.15) is 0 Å². The van der Waals surface area contributed by atoms with Gasteiger partial charge in [-0.1, -0.05) is 15.9 Å². The summed E-state index contributed by atoms with van der Waals surface area (Å²) in [6.07, 6.45) is -2.69. The van der Waals surface area contributed by atoms with E-state index >= 15 is 0 Å². The molecule has 0 radical (unpaired) electrons. The molecule has 2 N–H and O–H groups in total. The van der Waals surface area contributed by atoms with E-state index in [2.05, 4.69) is 20.9 Å². The van der Waals surface area contributed by atoms with Gasteiger partial charge in [-0.05, 0) is 13.0 Å². The number of carbonyl (C=O) groups is 1. The molecule has 94 valence electrons. The molecule has 1 aromatic heterocycles. The molecular formula is C10H11BrF2N2O2. The molecule has 1 rings (SSSR count). The summed E-state index contributed by atoms with van der Waals surface area (Å²) in [7, 11) is 0. The Morgan fingerprint density at radius 1 is 1.65 bits per heavy atom. The first-order valence-electron chi connectivity index (χ1n) is 4.81. The van der Waals surface area contributed by atoms with Crippen LogP contribution in [0.1, 0.15) is 35.1 Å². The predicted octanol–water partition coefficient (Wildman–Crippen LogP) is 2.67. The second kappa shape index (κ2) is 5.90. The molecule has 0 bridgehead atoms. The van der Waals surface area contributed by atoms with E-state index in [1.165, 1.54) is 0 Å². The van der Waals surface area contributed by atoms with Crippen molar-refractivity contribution in [3.63, 3.8) is 0 Å². The second-order valence-corrected chi connectivity index (χ2v) is 3.68. The number of ether oxygens (including phenoxy) is 1. The maximum atomic E-state index is 12.6. The number of rotatable bonds is 4. The number of carbonyl (C=O) groups excluding carboxylic acids is 1. The monoisotopic (exact) mass is 308 g/mol. The second-order valence-electron chi connectivity index (χ2n) is 3.12. The van der Waals surface area contributed by atoms with Crippen LogP contribution in [-0.2, 0) is 10.1 Å². The van der Waals surface area contributed by atoms with Crippen LogP contribution in [0.3, 0.4) is 0 Å². The molecule has 0 aliphatic carbocycles. The topological polar surface area (TPSA) is 65.2 Å². The minimum Gasteiger partial charge on any atom is -0.461 e. The maximum Gasteiger partial charge on any atom is 0.359 e. The molecule has 4 nitrogen and oxygen atoms in total. The third-order valence-corrected chi connectivity index (χ3v) is 2.53. The van der Waals surface area contributed by atoms with E-state index in [-0.39, 0.29) is 34.6 Å². The first kappa shape index (κ1) is 13.8. The number of nitrogens with zero attached hydrogens (tertiary/aromatic N) is 1. The van der Waals surface area contributed by atoms with Gasteiger partial charge < -0.3 is 10.5 Å². The average molecular weight is 309 g/mol. The summed E-state index contributed by atoms with van der Waals surface area (Å²) in [5, 5.41) is 0.110. The Bertz CT molecular complexity index is 427. The first-order valence-corrected chi connectivity index (χ1v) is 5.93. The van der Waals surface area contributed by atoms with E-state index in [0.29, 0.717) is 0 Å². The summed E-state index contributed by atoms with van der Waals surface area (Å²) in [5.41, 5.74) is 5.06. The van der Waals surface area contributed by atoms with Gasteiger partial charge in [-0.15, -0.1) is 0 Å². The lowest BCUT2D eigenvalue weighted by Crippen LogP contribution is -2.13. The number of nitrogen functional groups attached to an aromatic ring is 1. The number of esters is 1. The van der Waals surface area contributed by atoms with Crippen molar-refractivity contribution in [1.29, 1.82) is 0 Å². The van der Waals surface area contributed by atoms with Crippen LogP contribution in [0.2, 0.25) is 0 Å². The molecule has 0 amide bonds. The van der Waals surface area contributed by atoms with Gasteiger partial charge in [0, 0.05) is 10.9 Å². The van der Waals surface area contributed by atoms with Gasteiger partial charge in [-0.3, -0.25) is 0 Å². The highest BCUT2D eigenvalue weighted by Gasteiger charge is 2.20. The minimum atomic E-state index is -2.69. The Hall–Kier alpha value is -1.24. The molecule has 7 heteroatoms. The van der Waals surface area contributed by atoms with E-state index in [1.54, 1.807) is 6.92 Å². The van der Waals surface area contributed by atoms with Crippen molar-refractivity contribution in [2.24, 2.45) is 0 Å². The van der Waals surface area contributed by atoms with Crippen LogP contribution in [0.15, 0.2) is 6.07 Å². The minimum absolute atomic E-state index is 0.0808. The van der Waals surface area contributed by atoms with Gasteiger partial charge in [0.25, 0.3) is 6.43 Å². The summed E-state index contributed by atoms with van der Waals surface area (Å²) in [6.45, 7) is 1.80. The van der Waals surface area contributed by atoms with Crippen molar-refractivity contribution < 1.29 is 18.3 Å². The van der Waals surface area contributed by atoms with Crippen molar-refractivity contribution in [3.05, 3.63) is 23.0 Å². The fourth-order valence-electron chi connectivity index (χ4n) is 1.24. The van der Waals surface area contributed by atoms with Gasteiger partial charge in [0.2, 0.25) is 0 Å². The number of pyridine rings is 1. The van der Waals surface area contributed by atoms with Crippen LogP contribution in [0.5, 0.6) is 0 Å². The van der Waals surface area contributed by atoms with Crippen LogP contribution in [-0.4, -0.2) is 17.6 Å². The number of halogens is 3. The third-order valence-electron chi connectivity index (χ3n) is 1.99. The number of anilines is 1. The standard InChI is InChI=1S/C10H11BrF2N2O2/c1-2-17-10(16)8-6(14)3-5(9(12)13)7(4-11)15-8/h3,9H,2,4,14H2,1H3. The molecule has 0 unspecified atom stereocenters. The molecule has 0 spiro atoms. The molecule has 0 saturated heterocycles. The van der Waals surface area contributed by atoms with E-state index in [0.717, 1.165) is 6.07 Å². The number of aromatic nitrogens is 1. The van der Waals surface area contributed by atoms with Crippen molar-refractivity contribution in [2.45, 2.75) is 18.7 Å². The zero-order valence-corrected chi connectivity index (χ0v) is 10.6. The summed E-state index contributed by atoms with van der Waals surface area (Å²) < 4.78 is 30.0. The predicted molar refractivity (Wildman–Crippen MR) is 62.2 cm³/mol. The number of hydrogen-bond acceptors (Lipinski definition) is 4. The molecule has 0 atom stereocenters. The van der Waals surface area contributed by atoms with Crippen LogP contribution in [0, 0.1) is 0 Å². The lowest BCUT2D eigenvalue weighted by atomic mass is 10.1. The van der Waals surface area contributed by atoms with Crippen LogP contribution in [0.4, 0.5) is 14.5 Å². The summed E-state index contributed by atoms with van der Waals surface area (Å²) in [6, 6.07) is 1.06. The van der Waals surface area contributed by atoms with E-state index < -0.39 is 12.4 Å². The molecule has 0 fully saturated rings. The Morgan fingerprint density at radius 3 is 2.76 bits per heavy atom. The lowest BCUT2D eigenvalue weighted by molar-refractivity contribution is 0.0520. The third kappa shape index (κ3) is 3.12. The van der Waals surface area contributed by atoms with E-state index in [4.69, 9.17) is 10.5 Å². The van der Waals surface area contributed by atoms with Crippen LogP contribution < -0.4 is 5.73 Å². The highest BCUT2D eigenvalue weighted by atomic mass is 79.9. The fraction of sp³-hybridized carbons (Fsp3) is 0.400. The first-order chi connectivity index (χ1) is 8.01. The zero-order valence-electron chi connectivity index (χ0n) is 9.04. The van der Waals surface area contributed by atoms with Crippen LogP contribution in [0.25, 0.3) is 0 Å². The Morgan fingerprint density at radius 2 is 2.29 bits per heavy atom. The Labute approximate surface area is 105 Å². The number of nitrogens with two attached hydrogens (primary N) is 1. The van der Waals surface area contributed by atoms with Crippen LogP contribution >= 0.6 is 15.9 Å². The van der Waals surface area contributed by atoms with Crippen molar-refractivity contribution in [1.82, 2.24) is 4.98 Å². The summed E-state index contributed by atoms with van der Waals surface area (Å²) in [5.74, 6) is -0.715. The normalized spacial score (nSPS) is 10.6. The van der Waals surface area contributed by atoms with E-state index in [9.17, 15) is 13.6 Å². The summed E-state index contributed by atoms with van der Waals surface area (Å²) in [4.78, 5) is 15.3. The molecule has 0 aromatic carbocycles. The van der Waals surface area contributed by atoms with Gasteiger partial charge in [-0.25, -0.2) is 18.6 Å². The highest BCUT2D eigenvalue weighted by molar-refractivity contribution is 9.08. The van der Waals surface area contributed by atoms with Gasteiger partial charge in [0.05, 0.1) is 18.0 Å². The van der Waals surface area contributed by atoms with Gasteiger partial charge >= 0.3 is 5.97 Å². The molecule has 1 aromatic rings. The van der Waals surface area contributed by atoms with Crippen molar-refractivity contribution in [3.8, 4) is 0 Å². The van der Waals surface area contributed by atoms with Crippen molar-refractivity contribution >= 4 is 27.6 Å². The number of alkyl halides is 3. The molecule has 17 heavy (non-hydrogen) atoms. The Balaban J connectivity index is 3.22. The maximum absolute atomic E-state index is 12.6. The Kier molecular flexibility index (Phi) is 4.80.